The molecule has 3 atom stereocenters. The first-order valence-electron chi connectivity index (χ1n) is 14.6. The highest BCUT2D eigenvalue weighted by atomic mass is 16.3. The Kier molecular flexibility index (Phi) is 8.50. The van der Waals surface area contributed by atoms with Crippen molar-refractivity contribution in [3.63, 3.8) is 0 Å². The van der Waals surface area contributed by atoms with E-state index in [0.29, 0.717) is 22.5 Å². The number of anilines is 1. The van der Waals surface area contributed by atoms with Gasteiger partial charge in [0.15, 0.2) is 5.82 Å². The number of hydrogen-bond acceptors (Lipinski definition) is 8. The Morgan fingerprint density at radius 3 is 2.38 bits per heavy atom. The molecule has 1 aromatic carbocycles. The Hall–Kier alpha value is -3.32. The Bertz CT molecular complexity index is 1420. The molecule has 2 aliphatic heterocycles. The maximum atomic E-state index is 12.8. The zero-order valence-electron chi connectivity index (χ0n) is 24.1. The molecule has 0 amide bonds. The van der Waals surface area contributed by atoms with Crippen LogP contribution in [0, 0.1) is 11.3 Å². The third-order valence-corrected chi connectivity index (χ3v) is 8.93. The number of aliphatic hydroxyl groups excluding tert-OH is 1. The lowest BCUT2D eigenvalue weighted by Crippen LogP contribution is -2.59. The van der Waals surface area contributed by atoms with E-state index in [1.807, 2.05) is 0 Å². The highest BCUT2D eigenvalue weighted by Crippen LogP contribution is 2.33. The molecule has 3 aromatic rings. The summed E-state index contributed by atoms with van der Waals surface area (Å²) in [7, 11) is 1.70. The molecular weight excluding hydrogens is 502 g/mol. The summed E-state index contributed by atoms with van der Waals surface area (Å²) >= 11 is 0. The lowest BCUT2D eigenvalue weighted by atomic mass is 9.96. The van der Waals surface area contributed by atoms with Gasteiger partial charge in [0.25, 0.3) is 0 Å². The van der Waals surface area contributed by atoms with E-state index >= 15 is 0 Å². The van der Waals surface area contributed by atoms with Crippen LogP contribution in [0.1, 0.15) is 69.3 Å². The van der Waals surface area contributed by atoms with Crippen LogP contribution in [0.5, 0.6) is 0 Å². The number of piperidine rings is 1. The molecule has 2 fully saturated rings. The zero-order chi connectivity index (χ0) is 28.4. The number of aromatic nitrogens is 3. The first kappa shape index (κ1) is 28.2. The summed E-state index contributed by atoms with van der Waals surface area (Å²) in [6, 6.07) is 15.3. The third-order valence-electron chi connectivity index (χ3n) is 8.93. The van der Waals surface area contributed by atoms with Gasteiger partial charge in [-0.3, -0.25) is 14.4 Å². The van der Waals surface area contributed by atoms with Gasteiger partial charge in [-0.05, 0) is 55.9 Å². The van der Waals surface area contributed by atoms with Crippen LogP contribution in [0.2, 0.25) is 0 Å². The maximum absolute atomic E-state index is 12.8. The molecule has 5 rings (SSSR count). The van der Waals surface area contributed by atoms with Crippen LogP contribution >= 0.6 is 0 Å². The van der Waals surface area contributed by atoms with E-state index in [-0.39, 0.29) is 29.9 Å². The fourth-order valence-electron chi connectivity index (χ4n) is 6.32. The number of rotatable bonds is 7. The molecule has 2 saturated heterocycles. The lowest BCUT2D eigenvalue weighted by Gasteiger charge is -2.49. The molecule has 2 aliphatic rings. The van der Waals surface area contributed by atoms with Crippen molar-refractivity contribution >= 4 is 16.9 Å². The van der Waals surface area contributed by atoms with Crippen molar-refractivity contribution in [2.24, 2.45) is 7.05 Å². The fraction of sp³-hybridized carbons (Fsp3) is 0.548. The highest BCUT2D eigenvalue weighted by molar-refractivity contribution is 5.86. The number of nitrogens with zero attached hydrogens (tertiary/aromatic N) is 7. The third kappa shape index (κ3) is 5.62. The van der Waals surface area contributed by atoms with Gasteiger partial charge in [0.2, 0.25) is 0 Å². The molecule has 2 aromatic heterocycles. The van der Waals surface area contributed by atoms with Gasteiger partial charge >= 0.3 is 5.69 Å². The summed E-state index contributed by atoms with van der Waals surface area (Å²) < 4.78 is 1.50. The second-order valence-corrected chi connectivity index (χ2v) is 11.4. The van der Waals surface area contributed by atoms with Gasteiger partial charge in [-0.15, -0.1) is 0 Å². The van der Waals surface area contributed by atoms with E-state index in [0.717, 1.165) is 58.4 Å². The van der Waals surface area contributed by atoms with Crippen molar-refractivity contribution in [3.05, 3.63) is 63.7 Å². The number of hydrogen-bond donors (Lipinski definition) is 1. The minimum Gasteiger partial charge on any atom is -0.393 e. The quantitative estimate of drug-likeness (QED) is 0.483. The molecule has 0 bridgehead atoms. The molecule has 212 valence electrons. The van der Waals surface area contributed by atoms with Crippen LogP contribution in [-0.4, -0.2) is 73.8 Å². The number of benzene rings is 1. The van der Waals surface area contributed by atoms with Crippen LogP contribution in [0.3, 0.4) is 0 Å². The molecule has 9 nitrogen and oxygen atoms in total. The minimum absolute atomic E-state index is 0.147. The second-order valence-electron chi connectivity index (χ2n) is 11.4. The van der Waals surface area contributed by atoms with Crippen molar-refractivity contribution in [1.82, 2.24) is 24.3 Å². The van der Waals surface area contributed by atoms with Crippen molar-refractivity contribution in [3.8, 4) is 6.07 Å². The number of piperazine rings is 1. The van der Waals surface area contributed by atoms with Crippen LogP contribution in [0.15, 0.2) is 41.2 Å². The predicted octanol–water partition coefficient (Wildman–Crippen LogP) is 3.60. The van der Waals surface area contributed by atoms with Crippen molar-refractivity contribution in [1.29, 1.82) is 5.26 Å². The average molecular weight is 544 g/mol. The summed E-state index contributed by atoms with van der Waals surface area (Å²) in [5.41, 5.74) is 3.92. The van der Waals surface area contributed by atoms with E-state index in [9.17, 15) is 15.2 Å². The SMILES string of the molecule is CC[C@H]1CN(C(C)c2ccc(CN3CCC(O)CC3)cc2)[C@H](CC)CN1c1nc(=O)n(C)c2ccc(C#N)nc12. The molecule has 1 N–H and O–H groups in total. The number of aryl methyl sites for hydroxylation is 1. The van der Waals surface area contributed by atoms with Gasteiger partial charge in [0.05, 0.1) is 11.6 Å². The molecule has 0 aliphatic carbocycles. The fourth-order valence-corrected chi connectivity index (χ4v) is 6.32. The molecular formula is C31H41N7O2. The number of pyridine rings is 1. The molecule has 0 saturated carbocycles. The van der Waals surface area contributed by atoms with Gasteiger partial charge in [0.1, 0.15) is 17.3 Å². The van der Waals surface area contributed by atoms with E-state index in [1.54, 1.807) is 19.2 Å². The largest absolute Gasteiger partial charge is 0.393 e. The summed E-state index contributed by atoms with van der Waals surface area (Å²) in [5, 5.41) is 19.3. The lowest BCUT2D eigenvalue weighted by molar-refractivity contribution is 0.0792. The van der Waals surface area contributed by atoms with Crippen LogP contribution < -0.4 is 10.6 Å². The first-order valence-corrected chi connectivity index (χ1v) is 14.6. The van der Waals surface area contributed by atoms with Crippen LogP contribution in [0.4, 0.5) is 5.82 Å². The average Bonchev–Trinajstić information content (AvgIpc) is 2.99. The summed E-state index contributed by atoms with van der Waals surface area (Å²) in [5.74, 6) is 0.586. The molecule has 9 heteroatoms. The van der Waals surface area contributed by atoms with Gasteiger partial charge in [-0.1, -0.05) is 38.1 Å². The zero-order valence-corrected chi connectivity index (χ0v) is 24.1. The van der Waals surface area contributed by atoms with Gasteiger partial charge < -0.3 is 10.0 Å². The first-order chi connectivity index (χ1) is 19.3. The highest BCUT2D eigenvalue weighted by Gasteiger charge is 2.36. The summed E-state index contributed by atoms with van der Waals surface area (Å²) in [6.07, 6.45) is 3.44. The smallest absolute Gasteiger partial charge is 0.349 e. The van der Waals surface area contributed by atoms with Crippen LogP contribution in [-0.2, 0) is 13.6 Å². The molecule has 4 heterocycles. The van der Waals surface area contributed by atoms with Crippen molar-refractivity contribution < 1.29 is 5.11 Å². The van der Waals surface area contributed by atoms with E-state index in [2.05, 4.69) is 75.8 Å². The Balaban J connectivity index is 1.38. The van der Waals surface area contributed by atoms with E-state index in [1.165, 1.54) is 15.7 Å². The number of fused-ring (bicyclic) bond motifs is 1. The summed E-state index contributed by atoms with van der Waals surface area (Å²) in [4.78, 5) is 29.2. The van der Waals surface area contributed by atoms with E-state index in [4.69, 9.17) is 0 Å². The minimum atomic E-state index is -0.312. The van der Waals surface area contributed by atoms with E-state index < -0.39 is 0 Å². The topological polar surface area (TPSA) is 102 Å². The number of nitriles is 1. The standard InChI is InChI=1S/C31H41N7O2/c1-5-25-20-38(30-29-28(35(4)31(40)34-30)12-11-24(17-32)33-29)26(6-2)19-37(25)21(3)23-9-7-22(8-10-23)18-36-15-13-27(39)14-16-36/h7-12,21,25-27,39H,5-6,13-16,18-20H2,1-4H3/t21?,25-,26+/m1/s1. The summed E-state index contributed by atoms with van der Waals surface area (Å²) in [6.45, 7) is 11.1. The molecule has 1 unspecified atom stereocenters. The normalized spacial score (nSPS) is 21.9. The van der Waals surface area contributed by atoms with Crippen molar-refractivity contribution in [2.75, 3.05) is 31.1 Å². The monoisotopic (exact) mass is 543 g/mol. The Morgan fingerprint density at radius 1 is 1.02 bits per heavy atom. The number of aliphatic hydroxyl groups is 1. The second kappa shape index (κ2) is 12.0. The van der Waals surface area contributed by atoms with Gasteiger partial charge in [0, 0.05) is 57.9 Å². The van der Waals surface area contributed by atoms with Crippen molar-refractivity contribution in [2.45, 2.75) is 77.2 Å². The van der Waals surface area contributed by atoms with Gasteiger partial charge in [-0.2, -0.15) is 10.2 Å². The Morgan fingerprint density at radius 2 is 1.73 bits per heavy atom. The maximum Gasteiger partial charge on any atom is 0.349 e. The van der Waals surface area contributed by atoms with Crippen LogP contribution in [0.25, 0.3) is 11.0 Å². The Labute approximate surface area is 236 Å². The molecule has 0 radical (unpaired) electrons. The molecule has 40 heavy (non-hydrogen) atoms. The predicted molar refractivity (Wildman–Crippen MR) is 157 cm³/mol. The number of likely N-dealkylation sites (tertiary alicyclic amines) is 1. The molecule has 0 spiro atoms. The van der Waals surface area contributed by atoms with Gasteiger partial charge in [-0.25, -0.2) is 9.78 Å².